The summed E-state index contributed by atoms with van der Waals surface area (Å²) in [5, 5.41) is 6.71. The molecule has 2 aliphatic carbocycles. The summed E-state index contributed by atoms with van der Waals surface area (Å²) in [5.41, 5.74) is 22.5. The molecular formula is C76H45N5O. The van der Waals surface area contributed by atoms with Crippen LogP contribution in [-0.2, 0) is 5.41 Å². The SMILES string of the molecule is c1ccc(-c2ccc(-c3nc(-c4ccccc4)nc(-c4ccc(-n5c6ccccc6c6c5c5c(c7c8ccccc8n(-c8ccccc8)c76)C6(c7ccccc7-c7ccccc76)c6ccccc6-5)c5oc6ccccc6c45)n3)cc2)cc1. The second-order valence-electron chi connectivity index (χ2n) is 21.7. The molecule has 2 aliphatic rings. The maximum absolute atomic E-state index is 7.36. The van der Waals surface area contributed by atoms with Crippen molar-refractivity contribution in [1.29, 1.82) is 0 Å². The Morgan fingerprint density at radius 1 is 0.317 bits per heavy atom. The highest BCUT2D eigenvalue weighted by Gasteiger charge is 2.54. The number of para-hydroxylation sites is 4. The maximum atomic E-state index is 7.36. The number of fused-ring (bicyclic) bond motifs is 22. The zero-order chi connectivity index (χ0) is 53.6. The van der Waals surface area contributed by atoms with Crippen LogP contribution >= 0.6 is 0 Å². The van der Waals surface area contributed by atoms with Gasteiger partial charge in [-0.1, -0.05) is 231 Å². The molecule has 6 heteroatoms. The van der Waals surface area contributed by atoms with Crippen LogP contribution in [0.15, 0.2) is 277 Å². The van der Waals surface area contributed by atoms with Crippen molar-refractivity contribution in [2.45, 2.75) is 5.41 Å². The minimum Gasteiger partial charge on any atom is -0.454 e. The van der Waals surface area contributed by atoms with E-state index in [1.807, 2.05) is 24.3 Å². The fourth-order valence-corrected chi connectivity index (χ4v) is 14.3. The summed E-state index contributed by atoms with van der Waals surface area (Å²) in [6.45, 7) is 0. The zero-order valence-electron chi connectivity index (χ0n) is 44.1. The van der Waals surface area contributed by atoms with E-state index in [0.717, 1.165) is 83.1 Å². The fraction of sp³-hybridized carbons (Fsp3) is 0.0132. The van der Waals surface area contributed by atoms with Gasteiger partial charge in [0.05, 0.1) is 33.2 Å². The van der Waals surface area contributed by atoms with Gasteiger partial charge in [-0.15, -0.1) is 0 Å². The van der Waals surface area contributed by atoms with Gasteiger partial charge < -0.3 is 13.6 Å². The maximum Gasteiger partial charge on any atom is 0.164 e. The number of hydrogen-bond donors (Lipinski definition) is 0. The summed E-state index contributed by atoms with van der Waals surface area (Å²) in [7, 11) is 0. The third-order valence-electron chi connectivity index (χ3n) is 17.6. The summed E-state index contributed by atoms with van der Waals surface area (Å²) in [6.07, 6.45) is 0. The monoisotopic (exact) mass is 1040 g/mol. The average Bonchev–Trinajstić information content (AvgIpc) is 1.56. The van der Waals surface area contributed by atoms with Gasteiger partial charge in [-0.25, -0.2) is 15.0 Å². The van der Waals surface area contributed by atoms with E-state index in [0.29, 0.717) is 17.5 Å². The lowest BCUT2D eigenvalue weighted by Gasteiger charge is -2.31. The smallest absolute Gasteiger partial charge is 0.164 e. The molecule has 0 saturated heterocycles. The Hall–Kier alpha value is -11.0. The Bertz CT molecular complexity index is 5280. The lowest BCUT2D eigenvalue weighted by molar-refractivity contribution is 0.666. The van der Waals surface area contributed by atoms with Gasteiger partial charge in [-0.3, -0.25) is 0 Å². The molecule has 0 fully saturated rings. The highest BCUT2D eigenvalue weighted by Crippen LogP contribution is 2.67. The van der Waals surface area contributed by atoms with Crippen molar-refractivity contribution < 1.29 is 4.42 Å². The number of rotatable bonds is 6. The molecule has 16 aromatic rings. The zero-order valence-corrected chi connectivity index (χ0v) is 44.1. The molecule has 0 radical (unpaired) electrons. The van der Waals surface area contributed by atoms with E-state index >= 15 is 0 Å². The topological polar surface area (TPSA) is 61.7 Å². The number of nitrogens with zero attached hydrogens (tertiary/aromatic N) is 5. The highest BCUT2D eigenvalue weighted by molar-refractivity contribution is 6.33. The van der Waals surface area contributed by atoms with Crippen molar-refractivity contribution >= 4 is 65.6 Å². The molecule has 6 nitrogen and oxygen atoms in total. The first-order chi connectivity index (χ1) is 40.7. The fourth-order valence-electron chi connectivity index (χ4n) is 14.3. The van der Waals surface area contributed by atoms with Crippen molar-refractivity contribution in [3.05, 3.63) is 295 Å². The largest absolute Gasteiger partial charge is 0.454 e. The number of hydrogen-bond acceptors (Lipinski definition) is 4. The van der Waals surface area contributed by atoms with E-state index in [2.05, 4.69) is 258 Å². The summed E-state index contributed by atoms with van der Waals surface area (Å²) < 4.78 is 12.4. The molecule has 0 atom stereocenters. The van der Waals surface area contributed by atoms with Crippen LogP contribution in [0.25, 0.3) is 144 Å². The predicted octanol–water partition coefficient (Wildman–Crippen LogP) is 19.0. The van der Waals surface area contributed by atoms with Crippen molar-refractivity contribution in [2.75, 3.05) is 0 Å². The van der Waals surface area contributed by atoms with Crippen LogP contribution in [0.4, 0.5) is 0 Å². The van der Waals surface area contributed by atoms with Crippen molar-refractivity contribution in [2.24, 2.45) is 0 Å². The van der Waals surface area contributed by atoms with Gasteiger partial charge in [0.15, 0.2) is 23.1 Å². The normalized spacial score (nSPS) is 13.0. The first kappa shape index (κ1) is 45.0. The molecular weight excluding hydrogens is 999 g/mol. The van der Waals surface area contributed by atoms with Gasteiger partial charge in [0.2, 0.25) is 0 Å². The third-order valence-corrected chi connectivity index (χ3v) is 17.6. The van der Waals surface area contributed by atoms with Gasteiger partial charge in [-0.2, -0.15) is 0 Å². The molecule has 18 rings (SSSR count). The quantitative estimate of drug-likeness (QED) is 0.166. The van der Waals surface area contributed by atoms with E-state index in [4.69, 9.17) is 19.4 Å². The molecule has 12 aromatic carbocycles. The minimum atomic E-state index is -0.661. The Balaban J connectivity index is 0.994. The van der Waals surface area contributed by atoms with Crippen molar-refractivity contribution in [1.82, 2.24) is 24.1 Å². The van der Waals surface area contributed by atoms with Gasteiger partial charge in [0, 0.05) is 60.3 Å². The van der Waals surface area contributed by atoms with Crippen LogP contribution in [0.2, 0.25) is 0 Å². The Morgan fingerprint density at radius 3 is 1.46 bits per heavy atom. The van der Waals surface area contributed by atoms with Crippen LogP contribution in [-0.4, -0.2) is 24.1 Å². The summed E-state index contributed by atoms with van der Waals surface area (Å²) in [4.78, 5) is 15.9. The summed E-state index contributed by atoms with van der Waals surface area (Å²) >= 11 is 0. The van der Waals surface area contributed by atoms with E-state index in [-0.39, 0.29) is 0 Å². The molecule has 0 amide bonds. The van der Waals surface area contributed by atoms with Gasteiger partial charge in [0.25, 0.3) is 0 Å². The molecule has 380 valence electrons. The van der Waals surface area contributed by atoms with E-state index in [9.17, 15) is 0 Å². The molecule has 1 spiro atoms. The highest BCUT2D eigenvalue weighted by atomic mass is 16.3. The molecule has 4 aromatic heterocycles. The Morgan fingerprint density at radius 2 is 0.793 bits per heavy atom. The van der Waals surface area contributed by atoms with Crippen molar-refractivity contribution in [3.8, 4) is 78.9 Å². The van der Waals surface area contributed by atoms with Gasteiger partial charge >= 0.3 is 0 Å². The molecule has 0 aliphatic heterocycles. The van der Waals surface area contributed by atoms with Crippen molar-refractivity contribution in [3.63, 3.8) is 0 Å². The number of aromatic nitrogens is 5. The molecule has 82 heavy (non-hydrogen) atoms. The van der Waals surface area contributed by atoms with Crippen LogP contribution in [0.5, 0.6) is 0 Å². The first-order valence-electron chi connectivity index (χ1n) is 28.0. The van der Waals surface area contributed by atoms with Crippen LogP contribution < -0.4 is 0 Å². The van der Waals surface area contributed by atoms with Crippen LogP contribution in [0.1, 0.15) is 22.3 Å². The van der Waals surface area contributed by atoms with Gasteiger partial charge in [-0.05, 0) is 92.5 Å². The number of benzene rings is 12. The molecule has 0 saturated carbocycles. The predicted molar refractivity (Wildman–Crippen MR) is 334 cm³/mol. The first-order valence-corrected chi connectivity index (χ1v) is 28.0. The molecule has 4 heterocycles. The second-order valence-corrected chi connectivity index (χ2v) is 21.7. The van der Waals surface area contributed by atoms with Crippen LogP contribution in [0, 0.1) is 0 Å². The Labute approximate surface area is 471 Å². The Kier molecular flexibility index (Phi) is 9.34. The van der Waals surface area contributed by atoms with E-state index < -0.39 is 5.41 Å². The summed E-state index contributed by atoms with van der Waals surface area (Å²) in [6, 6.07) is 98.5. The number of furan rings is 1. The third kappa shape index (κ3) is 6.04. The average molecular weight is 1040 g/mol. The summed E-state index contributed by atoms with van der Waals surface area (Å²) in [5.74, 6) is 1.74. The van der Waals surface area contributed by atoms with Crippen LogP contribution in [0.3, 0.4) is 0 Å². The molecule has 0 bridgehead atoms. The lowest BCUT2D eigenvalue weighted by atomic mass is 9.69. The van der Waals surface area contributed by atoms with E-state index in [1.165, 1.54) is 66.2 Å². The standard InChI is InChI=1S/C76H45N5O/c1-4-22-46(23-5-1)47-40-42-49(43-41-47)74-77-73(48-24-6-2-7-25-48)78-75(79-74)57-44-45-63(72-65(57)56-33-15-21-39-64(56)82-72)81-62-38-20-14-32-55(62)68-70-67(54-31-13-19-37-61(54)80(70)50-26-8-3-9-27-50)69-66(71(68)81)53-30-12-18-36-60(53)76(69)58-34-16-10-28-51(58)52-29-11-17-35-59(52)76/h1-45H. The lowest BCUT2D eigenvalue weighted by Crippen LogP contribution is -2.26. The molecule has 0 N–H and O–H groups in total. The second kappa shape index (κ2) is 17.0. The van der Waals surface area contributed by atoms with E-state index in [1.54, 1.807) is 0 Å². The van der Waals surface area contributed by atoms with Gasteiger partial charge in [0.1, 0.15) is 5.58 Å². The minimum absolute atomic E-state index is 0.561. The molecule has 0 unspecified atom stereocenters.